The van der Waals surface area contributed by atoms with Crippen LogP contribution in [-0.4, -0.2) is 82.0 Å². The molecule has 0 bridgehead atoms. The van der Waals surface area contributed by atoms with E-state index in [2.05, 4.69) is 41.3 Å². The molecule has 1 aliphatic carbocycles. The zero-order chi connectivity index (χ0) is 26.3. The highest BCUT2D eigenvalue weighted by molar-refractivity contribution is 5.90. The van der Waals surface area contributed by atoms with Crippen molar-refractivity contribution < 1.29 is 9.90 Å². The molecule has 196 valence electrons. The van der Waals surface area contributed by atoms with E-state index >= 15 is 0 Å². The lowest BCUT2D eigenvalue weighted by Gasteiger charge is -2.34. The number of aromatic nitrogens is 4. The van der Waals surface area contributed by atoms with Crippen molar-refractivity contribution in [1.29, 1.82) is 5.26 Å². The molecule has 1 spiro atoms. The number of hydrogen-bond donors (Lipinski definition) is 3. The van der Waals surface area contributed by atoms with Crippen LogP contribution >= 0.6 is 0 Å². The number of piperidine rings is 1. The third kappa shape index (κ3) is 4.50. The topological polar surface area (TPSA) is 154 Å². The van der Waals surface area contributed by atoms with Gasteiger partial charge in [-0.05, 0) is 48.9 Å². The van der Waals surface area contributed by atoms with Gasteiger partial charge in [-0.2, -0.15) is 15.3 Å². The van der Waals surface area contributed by atoms with Gasteiger partial charge in [0.25, 0.3) is 5.56 Å². The molecule has 3 N–H and O–H groups in total. The van der Waals surface area contributed by atoms with E-state index in [4.69, 9.17) is 10.2 Å². The molecule has 1 saturated carbocycles. The molecule has 2 aliphatic heterocycles. The first kappa shape index (κ1) is 24.1. The number of carboxylic acid groups (broad SMARTS) is 1. The van der Waals surface area contributed by atoms with Crippen LogP contribution in [0.15, 0.2) is 35.3 Å². The Morgan fingerprint density at radius 1 is 1.11 bits per heavy atom. The Morgan fingerprint density at radius 2 is 1.84 bits per heavy atom. The maximum absolute atomic E-state index is 12.6. The second kappa shape index (κ2) is 9.57. The highest BCUT2D eigenvalue weighted by Gasteiger charge is 2.58. The van der Waals surface area contributed by atoms with Gasteiger partial charge in [-0.3, -0.25) is 14.5 Å². The van der Waals surface area contributed by atoms with Gasteiger partial charge in [-0.25, -0.2) is 10.1 Å². The summed E-state index contributed by atoms with van der Waals surface area (Å²) in [6, 6.07) is 10.2. The molecule has 2 saturated heterocycles. The maximum atomic E-state index is 12.6. The lowest BCUT2D eigenvalue weighted by Crippen LogP contribution is -2.47. The number of aliphatic carboxylic acids is 1. The molecular formula is C26H29N9O3. The normalized spacial score (nSPS) is 20.9. The number of anilines is 4. The molecule has 2 aromatic heterocycles. The van der Waals surface area contributed by atoms with E-state index < -0.39 is 5.97 Å². The van der Waals surface area contributed by atoms with Crippen molar-refractivity contribution in [3.63, 3.8) is 0 Å². The van der Waals surface area contributed by atoms with Crippen LogP contribution in [0.4, 0.5) is 23.1 Å². The summed E-state index contributed by atoms with van der Waals surface area (Å²) >= 11 is 0. The van der Waals surface area contributed by atoms with Crippen molar-refractivity contribution >= 4 is 40.0 Å². The zero-order valence-electron chi connectivity index (χ0n) is 20.9. The fourth-order valence-electron chi connectivity index (χ4n) is 5.78. The average Bonchev–Trinajstić information content (AvgIpc) is 3.63. The second-order valence-corrected chi connectivity index (χ2v) is 10.4. The summed E-state index contributed by atoms with van der Waals surface area (Å²) < 4.78 is 0. The summed E-state index contributed by atoms with van der Waals surface area (Å²) in [5.41, 5.74) is 1.97. The van der Waals surface area contributed by atoms with Gasteiger partial charge in [0.1, 0.15) is 16.7 Å². The quantitative estimate of drug-likeness (QED) is 0.412. The first-order valence-electron chi connectivity index (χ1n) is 12.9. The molecule has 1 aromatic carbocycles. The predicted octanol–water partition coefficient (Wildman–Crippen LogP) is 1.79. The van der Waals surface area contributed by atoms with Crippen molar-refractivity contribution in [2.45, 2.75) is 19.3 Å². The molecule has 4 heterocycles. The fourth-order valence-corrected chi connectivity index (χ4v) is 5.78. The minimum atomic E-state index is -0.662. The van der Waals surface area contributed by atoms with Crippen LogP contribution in [0.5, 0.6) is 0 Å². The number of carboxylic acids is 1. The van der Waals surface area contributed by atoms with Crippen LogP contribution < -0.4 is 20.7 Å². The van der Waals surface area contributed by atoms with E-state index in [0.29, 0.717) is 42.3 Å². The van der Waals surface area contributed by atoms with Crippen molar-refractivity contribution in [3.8, 4) is 6.07 Å². The number of aromatic amines is 1. The number of piperazine rings is 1. The largest absolute Gasteiger partial charge is 0.481 e. The van der Waals surface area contributed by atoms with Crippen LogP contribution in [0.25, 0.3) is 10.9 Å². The summed E-state index contributed by atoms with van der Waals surface area (Å²) in [5.74, 6) is 0.0885. The summed E-state index contributed by atoms with van der Waals surface area (Å²) in [7, 11) is 0. The number of fused-ring (bicyclic) bond motifs is 1. The third-order valence-electron chi connectivity index (χ3n) is 8.20. The number of hydrogen-bond acceptors (Lipinski definition) is 10. The van der Waals surface area contributed by atoms with Crippen LogP contribution in [0, 0.1) is 22.7 Å². The zero-order valence-corrected chi connectivity index (χ0v) is 20.9. The van der Waals surface area contributed by atoms with Gasteiger partial charge in [0, 0.05) is 50.6 Å². The van der Waals surface area contributed by atoms with E-state index in [-0.39, 0.29) is 16.9 Å². The Kier molecular flexibility index (Phi) is 6.07. The number of benzene rings is 1. The minimum Gasteiger partial charge on any atom is -0.481 e. The highest BCUT2D eigenvalue weighted by atomic mass is 16.4. The van der Waals surface area contributed by atoms with E-state index in [1.807, 2.05) is 24.3 Å². The minimum absolute atomic E-state index is 0.000115. The Balaban J connectivity index is 1.19. The lowest BCUT2D eigenvalue weighted by molar-refractivity contribution is -0.139. The molecular weight excluding hydrogens is 486 g/mol. The van der Waals surface area contributed by atoms with Gasteiger partial charge >= 0.3 is 5.97 Å². The molecule has 12 heteroatoms. The average molecular weight is 516 g/mol. The first-order valence-corrected chi connectivity index (χ1v) is 12.9. The number of nitrogens with zero attached hydrogens (tertiary/aromatic N) is 7. The van der Waals surface area contributed by atoms with Crippen LogP contribution in [-0.2, 0) is 4.79 Å². The van der Waals surface area contributed by atoms with Crippen molar-refractivity contribution in [3.05, 3.63) is 40.8 Å². The molecule has 3 fully saturated rings. The van der Waals surface area contributed by atoms with Gasteiger partial charge in [-0.15, -0.1) is 0 Å². The number of carbonyl (C=O) groups is 1. The summed E-state index contributed by atoms with van der Waals surface area (Å²) in [6.07, 6.45) is 4.14. The van der Waals surface area contributed by atoms with Crippen molar-refractivity contribution in [1.82, 2.24) is 25.1 Å². The standard InChI is InChI=1S/C26H29N9O3/c27-7-10-33-11-13-35(14-12-33)25-30-20-16-28-32-23(36)21(20)22(31-25)29-17-1-3-18(4-2-17)34-8-5-26(6-9-34)15-19(26)24(37)38/h1-4,16,19H,5-6,8-15H2,(H,32,36)(H,37,38)(H,29,30,31). The second-order valence-electron chi connectivity index (χ2n) is 10.4. The Hall–Kier alpha value is -4.24. The molecule has 1 unspecified atom stereocenters. The molecule has 12 nitrogen and oxygen atoms in total. The van der Waals surface area contributed by atoms with E-state index in [0.717, 1.165) is 56.8 Å². The van der Waals surface area contributed by atoms with Gasteiger partial charge in [0.2, 0.25) is 5.95 Å². The monoisotopic (exact) mass is 515 g/mol. The summed E-state index contributed by atoms with van der Waals surface area (Å²) in [4.78, 5) is 39.8. The fraction of sp³-hybridized carbons (Fsp3) is 0.462. The molecule has 0 amide bonds. The van der Waals surface area contributed by atoms with Crippen molar-refractivity contribution in [2.24, 2.45) is 11.3 Å². The Bertz CT molecular complexity index is 1450. The Morgan fingerprint density at radius 3 is 2.50 bits per heavy atom. The maximum Gasteiger partial charge on any atom is 0.307 e. The number of rotatable bonds is 6. The lowest BCUT2D eigenvalue weighted by atomic mass is 9.90. The number of H-pyrrole nitrogens is 1. The van der Waals surface area contributed by atoms with Gasteiger partial charge in [0.05, 0.1) is 24.7 Å². The number of nitrogens with one attached hydrogen (secondary N) is 2. The molecule has 6 rings (SSSR count). The first-order chi connectivity index (χ1) is 18.5. The molecule has 3 aromatic rings. The van der Waals surface area contributed by atoms with Gasteiger partial charge in [-0.1, -0.05) is 0 Å². The van der Waals surface area contributed by atoms with Crippen LogP contribution in [0.3, 0.4) is 0 Å². The highest BCUT2D eigenvalue weighted by Crippen LogP contribution is 2.59. The molecule has 1 atom stereocenters. The van der Waals surface area contributed by atoms with E-state index in [1.165, 1.54) is 6.20 Å². The van der Waals surface area contributed by atoms with Crippen LogP contribution in [0.2, 0.25) is 0 Å². The van der Waals surface area contributed by atoms with E-state index in [9.17, 15) is 14.7 Å². The molecule has 0 radical (unpaired) electrons. The Labute approximate surface area is 218 Å². The van der Waals surface area contributed by atoms with Crippen molar-refractivity contribution in [2.75, 3.05) is 60.9 Å². The summed E-state index contributed by atoms with van der Waals surface area (Å²) in [6.45, 7) is 4.93. The third-order valence-corrected chi connectivity index (χ3v) is 8.20. The number of nitriles is 1. The predicted molar refractivity (Wildman–Crippen MR) is 142 cm³/mol. The van der Waals surface area contributed by atoms with E-state index in [1.54, 1.807) is 0 Å². The molecule has 38 heavy (non-hydrogen) atoms. The van der Waals surface area contributed by atoms with Gasteiger partial charge in [0.15, 0.2) is 0 Å². The van der Waals surface area contributed by atoms with Gasteiger partial charge < -0.3 is 20.2 Å². The smallest absolute Gasteiger partial charge is 0.307 e. The summed E-state index contributed by atoms with van der Waals surface area (Å²) in [5, 5.41) is 28.3. The molecule has 3 aliphatic rings. The van der Waals surface area contributed by atoms with Crippen LogP contribution in [0.1, 0.15) is 19.3 Å². The SMILES string of the molecule is N#CCN1CCN(c2nc(Nc3ccc(N4CCC5(CC4)CC5C(=O)O)cc3)c3c(=O)[nH]ncc3n2)CC1.